The van der Waals surface area contributed by atoms with Gasteiger partial charge >= 0.3 is 0 Å². The second kappa shape index (κ2) is 9.70. The molecule has 1 saturated heterocycles. The number of rotatable bonds is 5. The van der Waals surface area contributed by atoms with Gasteiger partial charge in [-0.2, -0.15) is 0 Å². The van der Waals surface area contributed by atoms with E-state index in [1.807, 2.05) is 31.2 Å². The molecule has 0 N–H and O–H groups in total. The number of ether oxygens (including phenoxy) is 2. The lowest BCUT2D eigenvalue weighted by atomic mass is 9.77. The molecule has 204 valence electrons. The first kappa shape index (κ1) is 25.2. The summed E-state index contributed by atoms with van der Waals surface area (Å²) in [5.41, 5.74) is 2.90. The molecule has 5 atom stereocenters. The van der Waals surface area contributed by atoms with E-state index in [4.69, 9.17) is 9.47 Å². The van der Waals surface area contributed by atoms with Crippen LogP contribution in [0.1, 0.15) is 26.3 Å². The van der Waals surface area contributed by atoms with E-state index in [0.29, 0.717) is 47.1 Å². The largest absolute Gasteiger partial charge is 0.486 e. The van der Waals surface area contributed by atoms with Crippen molar-refractivity contribution in [3.8, 4) is 11.5 Å². The van der Waals surface area contributed by atoms with Gasteiger partial charge in [0, 0.05) is 28.7 Å². The molecular formula is C34H27NO6. The van der Waals surface area contributed by atoms with Crippen LogP contribution >= 0.6 is 0 Å². The molecule has 2 amide bonds. The number of fused-ring (bicyclic) bond motifs is 4. The van der Waals surface area contributed by atoms with Gasteiger partial charge in [-0.05, 0) is 30.9 Å². The third kappa shape index (κ3) is 4.03. The van der Waals surface area contributed by atoms with Gasteiger partial charge in [-0.1, -0.05) is 78.4 Å². The zero-order valence-corrected chi connectivity index (χ0v) is 22.4. The minimum atomic E-state index is -0.855. The highest BCUT2D eigenvalue weighted by Gasteiger charge is 2.64. The Hall–Kier alpha value is -4.78. The van der Waals surface area contributed by atoms with Gasteiger partial charge in [0.05, 0.1) is 17.5 Å². The van der Waals surface area contributed by atoms with E-state index in [1.165, 1.54) is 4.90 Å². The molecule has 7 nitrogen and oxygen atoms in total. The Kier molecular flexibility index (Phi) is 5.96. The zero-order chi connectivity index (χ0) is 28.2. The van der Waals surface area contributed by atoms with Crippen LogP contribution in [0.15, 0.2) is 96.6 Å². The molecule has 3 aromatic carbocycles. The quantitative estimate of drug-likeness (QED) is 0.331. The van der Waals surface area contributed by atoms with Crippen molar-refractivity contribution in [3.63, 3.8) is 0 Å². The topological polar surface area (TPSA) is 90.0 Å². The van der Waals surface area contributed by atoms with E-state index in [9.17, 15) is 19.2 Å². The molecule has 0 bridgehead atoms. The van der Waals surface area contributed by atoms with Crippen molar-refractivity contribution in [2.24, 2.45) is 29.6 Å². The molecule has 4 aliphatic rings. The van der Waals surface area contributed by atoms with Crippen LogP contribution in [-0.4, -0.2) is 36.6 Å². The van der Waals surface area contributed by atoms with Gasteiger partial charge in [-0.15, -0.1) is 0 Å². The maximum atomic E-state index is 14.1. The summed E-state index contributed by atoms with van der Waals surface area (Å²) in [6, 6.07) is 21.2. The number of benzene rings is 3. The Morgan fingerprint density at radius 3 is 2.24 bits per heavy atom. The summed E-state index contributed by atoms with van der Waals surface area (Å²) in [4.78, 5) is 56.8. The lowest BCUT2D eigenvalue weighted by Crippen LogP contribution is -2.37. The summed E-state index contributed by atoms with van der Waals surface area (Å²) >= 11 is 0. The Labute approximate surface area is 237 Å². The van der Waals surface area contributed by atoms with E-state index in [2.05, 4.69) is 0 Å². The van der Waals surface area contributed by atoms with E-state index >= 15 is 0 Å². The fourth-order valence-corrected chi connectivity index (χ4v) is 6.74. The number of carbonyl (C=O) groups excluding carboxylic acids is 4. The predicted octanol–water partition coefficient (Wildman–Crippen LogP) is 5.00. The summed E-state index contributed by atoms with van der Waals surface area (Å²) in [6.45, 7) is 2.74. The number of aryl methyl sites for hydroxylation is 1. The number of anilines is 1. The van der Waals surface area contributed by atoms with Crippen LogP contribution in [0.2, 0.25) is 0 Å². The van der Waals surface area contributed by atoms with Crippen molar-refractivity contribution in [2.75, 3.05) is 18.1 Å². The number of ketones is 2. The average Bonchev–Trinajstić information content (AvgIpc) is 3.48. The van der Waals surface area contributed by atoms with Gasteiger partial charge in [0.15, 0.2) is 23.1 Å². The highest BCUT2D eigenvalue weighted by molar-refractivity contribution is 6.24. The zero-order valence-electron chi connectivity index (χ0n) is 22.4. The van der Waals surface area contributed by atoms with Crippen LogP contribution in [0.3, 0.4) is 0 Å². The SMILES string of the molecule is Cc1ccc(C(=O)[C@H]2C3C=CC(C(=O)c4ccccc4)=C[C@@H]3[C@@H]3C(=O)N(c4ccc5c(c4)OCCO5)C(=O)[C@H]32)cc1. The summed E-state index contributed by atoms with van der Waals surface area (Å²) in [5.74, 6) is -3.34. The minimum absolute atomic E-state index is 0.161. The van der Waals surface area contributed by atoms with Crippen molar-refractivity contribution in [1.82, 2.24) is 0 Å². The normalized spacial score (nSPS) is 25.9. The lowest BCUT2D eigenvalue weighted by molar-refractivity contribution is -0.123. The van der Waals surface area contributed by atoms with E-state index in [1.54, 1.807) is 66.7 Å². The first-order valence-corrected chi connectivity index (χ1v) is 13.8. The van der Waals surface area contributed by atoms with Crippen molar-refractivity contribution < 1.29 is 28.7 Å². The number of hydrogen-bond donors (Lipinski definition) is 0. The molecule has 2 aliphatic heterocycles. The van der Waals surface area contributed by atoms with Gasteiger partial charge in [0.2, 0.25) is 11.8 Å². The monoisotopic (exact) mass is 545 g/mol. The van der Waals surface area contributed by atoms with Crippen LogP contribution < -0.4 is 14.4 Å². The van der Waals surface area contributed by atoms with Gasteiger partial charge in [-0.3, -0.25) is 19.2 Å². The summed E-state index contributed by atoms with van der Waals surface area (Å²) in [5, 5.41) is 0. The van der Waals surface area contributed by atoms with Crippen LogP contribution in [0.5, 0.6) is 11.5 Å². The second-order valence-corrected chi connectivity index (χ2v) is 11.0. The highest BCUT2D eigenvalue weighted by atomic mass is 16.6. The molecular weight excluding hydrogens is 518 g/mol. The molecule has 3 aromatic rings. The van der Waals surface area contributed by atoms with Crippen LogP contribution in [0.25, 0.3) is 0 Å². The molecule has 7 rings (SSSR count). The first-order chi connectivity index (χ1) is 19.9. The van der Waals surface area contributed by atoms with Crippen molar-refractivity contribution in [2.45, 2.75) is 6.92 Å². The van der Waals surface area contributed by atoms with Gasteiger partial charge in [-0.25, -0.2) is 4.90 Å². The van der Waals surface area contributed by atoms with Gasteiger partial charge in [0.1, 0.15) is 13.2 Å². The fraction of sp³-hybridized carbons (Fsp3) is 0.235. The number of allylic oxidation sites excluding steroid dienone is 4. The van der Waals surface area contributed by atoms with Crippen LogP contribution in [-0.2, 0) is 9.59 Å². The predicted molar refractivity (Wildman–Crippen MR) is 151 cm³/mol. The summed E-state index contributed by atoms with van der Waals surface area (Å²) in [6.07, 6.45) is 5.39. The van der Waals surface area contributed by atoms with Crippen molar-refractivity contribution in [3.05, 3.63) is 113 Å². The fourth-order valence-electron chi connectivity index (χ4n) is 6.74. The second-order valence-electron chi connectivity index (χ2n) is 11.0. The maximum absolute atomic E-state index is 14.1. The maximum Gasteiger partial charge on any atom is 0.238 e. The highest BCUT2D eigenvalue weighted by Crippen LogP contribution is 2.55. The van der Waals surface area contributed by atoms with E-state index in [0.717, 1.165) is 5.56 Å². The molecule has 41 heavy (non-hydrogen) atoms. The van der Waals surface area contributed by atoms with Gasteiger partial charge < -0.3 is 9.47 Å². The number of Topliss-reactive ketones (excluding diaryl/α,β-unsaturated/α-hetero) is 2. The number of hydrogen-bond acceptors (Lipinski definition) is 6. The molecule has 2 fully saturated rings. The number of nitrogens with zero attached hydrogens (tertiary/aromatic N) is 1. The van der Waals surface area contributed by atoms with E-state index < -0.39 is 29.6 Å². The molecule has 2 heterocycles. The number of amides is 2. The Balaban J connectivity index is 1.30. The minimum Gasteiger partial charge on any atom is -0.486 e. The van der Waals surface area contributed by atoms with Crippen molar-refractivity contribution >= 4 is 29.1 Å². The molecule has 1 saturated carbocycles. The Bertz CT molecular complexity index is 1650. The molecule has 7 heteroatoms. The van der Waals surface area contributed by atoms with Crippen LogP contribution in [0.4, 0.5) is 5.69 Å². The summed E-state index contributed by atoms with van der Waals surface area (Å²) in [7, 11) is 0. The van der Waals surface area contributed by atoms with Crippen LogP contribution in [0, 0.1) is 36.5 Å². The first-order valence-electron chi connectivity index (χ1n) is 13.8. The molecule has 2 aliphatic carbocycles. The molecule has 0 spiro atoms. The third-order valence-corrected chi connectivity index (χ3v) is 8.65. The molecule has 1 unspecified atom stereocenters. The number of carbonyl (C=O) groups is 4. The third-order valence-electron chi connectivity index (χ3n) is 8.65. The standard InChI is InChI=1S/C34H27NO6/c1-19-7-9-21(10-8-19)32(37)28-24-13-11-22(31(36)20-5-3-2-4-6-20)17-25(24)29-30(28)34(39)35(33(29)38)23-12-14-26-27(18-23)41-16-15-40-26/h2-14,17-18,24-25,28-30H,15-16H2,1H3/t24?,25-,28-,29-,30-/m0/s1. The van der Waals surface area contributed by atoms with Crippen molar-refractivity contribution in [1.29, 1.82) is 0 Å². The van der Waals surface area contributed by atoms with E-state index in [-0.39, 0.29) is 23.4 Å². The summed E-state index contributed by atoms with van der Waals surface area (Å²) < 4.78 is 11.3. The van der Waals surface area contributed by atoms with Gasteiger partial charge in [0.25, 0.3) is 0 Å². The Morgan fingerprint density at radius 1 is 0.780 bits per heavy atom. The average molecular weight is 546 g/mol. The Morgan fingerprint density at radius 2 is 1.49 bits per heavy atom. The molecule has 0 radical (unpaired) electrons. The molecule has 0 aromatic heterocycles. The lowest BCUT2D eigenvalue weighted by Gasteiger charge is -2.28. The number of imide groups is 1. The smallest absolute Gasteiger partial charge is 0.238 e.